The summed E-state index contributed by atoms with van der Waals surface area (Å²) in [5.74, 6) is 0. The molecule has 0 bridgehead atoms. The van der Waals surface area contributed by atoms with Crippen LogP contribution in [0, 0.1) is 0 Å². The van der Waals surface area contributed by atoms with Gasteiger partial charge in [-0.3, -0.25) is 10.1 Å². The van der Waals surface area contributed by atoms with Gasteiger partial charge in [-0.1, -0.05) is 0 Å². The summed E-state index contributed by atoms with van der Waals surface area (Å²) in [5, 5.41) is 2.76. The molecule has 1 N–H and O–H groups in total. The largest absolute Gasteiger partial charge is 0.364 e. The van der Waals surface area contributed by atoms with Crippen molar-refractivity contribution in [2.75, 3.05) is 13.3 Å². The minimum Gasteiger partial charge on any atom is -0.364 e. The van der Waals surface area contributed by atoms with E-state index in [1.165, 1.54) is 0 Å². The van der Waals surface area contributed by atoms with Crippen LogP contribution < -0.4 is 5.32 Å². The summed E-state index contributed by atoms with van der Waals surface area (Å²) >= 11 is 0. The minimum absolute atomic E-state index is 0.181. The number of nitrogens with one attached hydrogen (secondary N) is 1. The quantitative estimate of drug-likeness (QED) is 0.461. The molecule has 1 aliphatic rings. The van der Waals surface area contributed by atoms with Gasteiger partial charge in [0.15, 0.2) is 0 Å². The predicted octanol–water partition coefficient (Wildman–Crippen LogP) is -0.958. The zero-order valence-corrected chi connectivity index (χ0v) is 3.81. The number of ether oxygens (including phenoxy) is 1. The van der Waals surface area contributed by atoms with Crippen molar-refractivity contribution in [1.82, 2.24) is 5.32 Å². The van der Waals surface area contributed by atoms with Gasteiger partial charge >= 0.3 is 0 Å². The third-order valence-corrected chi connectivity index (χ3v) is 0.859. The van der Waals surface area contributed by atoms with Crippen LogP contribution in [0.4, 0.5) is 0 Å². The lowest BCUT2D eigenvalue weighted by atomic mass is 10.4. The predicted molar refractivity (Wildman–Crippen MR) is 23.4 cm³/mol. The molecule has 7 heavy (non-hydrogen) atoms. The number of hydrogen-bond acceptors (Lipinski definition) is 3. The fraction of sp³-hybridized carbons (Fsp3) is 0.750. The van der Waals surface area contributed by atoms with Crippen LogP contribution in [0.15, 0.2) is 0 Å². The van der Waals surface area contributed by atoms with Crippen LogP contribution in [0.2, 0.25) is 0 Å². The molecule has 3 nitrogen and oxygen atoms in total. The Morgan fingerprint density at radius 1 is 1.86 bits per heavy atom. The van der Waals surface area contributed by atoms with Crippen molar-refractivity contribution in [3.05, 3.63) is 0 Å². The Hall–Kier alpha value is -0.410. The lowest BCUT2D eigenvalue weighted by molar-refractivity contribution is 0.192. The maximum atomic E-state index is 9.74. The molecule has 0 spiro atoms. The molecule has 1 fully saturated rings. The fourth-order valence-corrected chi connectivity index (χ4v) is 0.471. The molecule has 1 saturated heterocycles. The van der Waals surface area contributed by atoms with Crippen molar-refractivity contribution >= 4 is 6.29 Å². The first-order valence-electron chi connectivity index (χ1n) is 2.12. The summed E-state index contributed by atoms with van der Waals surface area (Å²) in [4.78, 5) is 9.74. The second-order valence-electron chi connectivity index (χ2n) is 1.39. The van der Waals surface area contributed by atoms with Gasteiger partial charge in [0.05, 0.1) is 19.4 Å². The van der Waals surface area contributed by atoms with Crippen LogP contribution >= 0.6 is 0 Å². The topological polar surface area (TPSA) is 38.3 Å². The monoisotopic (exact) mass is 100 g/mol. The first-order chi connectivity index (χ1) is 3.43. The molecule has 1 radical (unpaired) electrons. The highest BCUT2D eigenvalue weighted by Crippen LogP contribution is 1.87. The summed E-state index contributed by atoms with van der Waals surface area (Å²) in [6, 6.07) is -0.181. The number of carbonyl (C=O) groups excluding carboxylic acids is 1. The summed E-state index contributed by atoms with van der Waals surface area (Å²) in [6.07, 6.45) is 1.78. The molecule has 0 saturated carbocycles. The molecule has 1 atom stereocenters. The Bertz CT molecular complexity index is 68.1. The molecule has 3 heteroatoms. The summed E-state index contributed by atoms with van der Waals surface area (Å²) < 4.78 is 4.77. The van der Waals surface area contributed by atoms with Crippen molar-refractivity contribution in [2.45, 2.75) is 6.04 Å². The lowest BCUT2D eigenvalue weighted by Crippen LogP contribution is -2.24. The maximum absolute atomic E-state index is 9.74. The van der Waals surface area contributed by atoms with Gasteiger partial charge in [0, 0.05) is 0 Å². The normalized spacial score (nSPS) is 30.6. The molecule has 0 amide bonds. The van der Waals surface area contributed by atoms with Crippen LogP contribution in [-0.4, -0.2) is 25.7 Å². The molecule has 1 heterocycles. The third-order valence-electron chi connectivity index (χ3n) is 0.859. The van der Waals surface area contributed by atoms with Crippen LogP contribution in [-0.2, 0) is 9.53 Å². The zero-order chi connectivity index (χ0) is 5.11. The average Bonchev–Trinajstić information content (AvgIpc) is 2.14. The van der Waals surface area contributed by atoms with E-state index in [2.05, 4.69) is 5.32 Å². The van der Waals surface area contributed by atoms with Gasteiger partial charge < -0.3 is 4.74 Å². The highest BCUT2D eigenvalue weighted by atomic mass is 16.5. The molecular weight excluding hydrogens is 94.0 g/mol. The van der Waals surface area contributed by atoms with Crippen LogP contribution in [0.5, 0.6) is 0 Å². The van der Waals surface area contributed by atoms with E-state index in [0.717, 1.165) is 0 Å². The van der Waals surface area contributed by atoms with Gasteiger partial charge in [-0.25, -0.2) is 0 Å². The average molecular weight is 100 g/mol. The second kappa shape index (κ2) is 2.04. The summed E-state index contributed by atoms with van der Waals surface area (Å²) in [7, 11) is 0. The minimum atomic E-state index is -0.181. The van der Waals surface area contributed by atoms with Gasteiger partial charge in [0.2, 0.25) is 6.29 Å². The Morgan fingerprint density at radius 2 is 2.71 bits per heavy atom. The number of rotatable bonds is 1. The van der Waals surface area contributed by atoms with E-state index in [9.17, 15) is 4.79 Å². The Morgan fingerprint density at radius 3 is 3.00 bits per heavy atom. The maximum Gasteiger partial charge on any atom is 0.219 e. The first kappa shape index (κ1) is 4.74. The zero-order valence-electron chi connectivity index (χ0n) is 3.81. The Kier molecular flexibility index (Phi) is 1.38. The Labute approximate surface area is 41.7 Å². The van der Waals surface area contributed by atoms with E-state index < -0.39 is 0 Å². The highest BCUT2D eigenvalue weighted by Gasteiger charge is 2.12. The molecule has 0 aromatic carbocycles. The van der Waals surface area contributed by atoms with Gasteiger partial charge in [-0.05, 0) is 0 Å². The molecule has 1 rings (SSSR count). The number of hydrogen-bond donors (Lipinski definition) is 1. The van der Waals surface area contributed by atoms with Crippen molar-refractivity contribution in [1.29, 1.82) is 0 Å². The van der Waals surface area contributed by atoms with E-state index in [1.54, 1.807) is 6.29 Å². The first-order valence-corrected chi connectivity index (χ1v) is 2.12. The highest BCUT2D eigenvalue weighted by molar-refractivity contribution is 5.58. The van der Waals surface area contributed by atoms with Crippen LogP contribution in [0.3, 0.4) is 0 Å². The smallest absolute Gasteiger partial charge is 0.219 e. The van der Waals surface area contributed by atoms with Crippen LogP contribution in [0.25, 0.3) is 0 Å². The molecular formula is C4H6NO2. The SMILES string of the molecule is O=[C]C1COCN1. The van der Waals surface area contributed by atoms with Crippen molar-refractivity contribution in [3.8, 4) is 0 Å². The molecule has 39 valence electrons. The van der Waals surface area contributed by atoms with E-state index in [-0.39, 0.29) is 6.04 Å². The van der Waals surface area contributed by atoms with E-state index in [1.807, 2.05) is 0 Å². The van der Waals surface area contributed by atoms with E-state index in [0.29, 0.717) is 13.3 Å². The Balaban J connectivity index is 2.26. The molecule has 1 aliphatic heterocycles. The molecule has 0 aromatic rings. The van der Waals surface area contributed by atoms with Crippen molar-refractivity contribution in [3.63, 3.8) is 0 Å². The standard InChI is InChI=1S/C4H6NO2/c6-1-4-2-7-3-5-4/h4-5H,2-3H2. The van der Waals surface area contributed by atoms with Gasteiger partial charge in [-0.2, -0.15) is 0 Å². The van der Waals surface area contributed by atoms with Crippen LogP contribution in [0.1, 0.15) is 0 Å². The fourth-order valence-electron chi connectivity index (χ4n) is 0.471. The third kappa shape index (κ3) is 0.976. The van der Waals surface area contributed by atoms with Crippen molar-refractivity contribution < 1.29 is 9.53 Å². The van der Waals surface area contributed by atoms with Crippen molar-refractivity contribution in [2.24, 2.45) is 0 Å². The van der Waals surface area contributed by atoms with E-state index >= 15 is 0 Å². The molecule has 1 unspecified atom stereocenters. The van der Waals surface area contributed by atoms with Gasteiger partial charge in [0.25, 0.3) is 0 Å². The van der Waals surface area contributed by atoms with Gasteiger partial charge in [0.1, 0.15) is 0 Å². The summed E-state index contributed by atoms with van der Waals surface area (Å²) in [6.45, 7) is 0.962. The van der Waals surface area contributed by atoms with E-state index in [4.69, 9.17) is 4.74 Å². The molecule has 0 aromatic heterocycles. The lowest BCUT2D eigenvalue weighted by Gasteiger charge is -1.89. The molecule has 0 aliphatic carbocycles. The summed E-state index contributed by atoms with van der Waals surface area (Å²) in [5.41, 5.74) is 0. The second-order valence-corrected chi connectivity index (χ2v) is 1.39. The van der Waals surface area contributed by atoms with Gasteiger partial charge in [-0.15, -0.1) is 0 Å².